The van der Waals surface area contributed by atoms with Crippen molar-refractivity contribution in [3.05, 3.63) is 30.0 Å². The van der Waals surface area contributed by atoms with Crippen molar-refractivity contribution in [1.82, 2.24) is 19.3 Å². The van der Waals surface area contributed by atoms with Crippen LogP contribution >= 0.6 is 0 Å². The molecule has 0 radical (unpaired) electrons. The van der Waals surface area contributed by atoms with Gasteiger partial charge in [0.05, 0.1) is 6.20 Å². The fourth-order valence-electron chi connectivity index (χ4n) is 2.03. The number of sulfonamides is 1. The summed E-state index contributed by atoms with van der Waals surface area (Å²) < 4.78 is 26.4. The Kier molecular flexibility index (Phi) is 3.96. The highest BCUT2D eigenvalue weighted by molar-refractivity contribution is 7.89. The molecule has 7 nitrogen and oxygen atoms in total. The molecule has 0 unspecified atom stereocenters. The first-order chi connectivity index (χ1) is 9.27. The van der Waals surface area contributed by atoms with Crippen LogP contribution in [0.2, 0.25) is 0 Å². The lowest BCUT2D eigenvalue weighted by molar-refractivity contribution is 0.594. The molecule has 0 aliphatic rings. The van der Waals surface area contributed by atoms with Crippen molar-refractivity contribution in [1.29, 1.82) is 0 Å². The quantitative estimate of drug-likeness (QED) is 0.875. The van der Waals surface area contributed by atoms with Crippen molar-refractivity contribution in [2.24, 2.45) is 12.2 Å². The smallest absolute Gasteiger partial charge is 0.257 e. The minimum atomic E-state index is -3.77. The van der Waals surface area contributed by atoms with Gasteiger partial charge in [-0.05, 0) is 12.0 Å². The number of nitrogens with two attached hydrogens (primary N) is 1. The lowest BCUT2D eigenvalue weighted by atomic mass is 10.2. The number of imidazole rings is 1. The highest BCUT2D eigenvalue weighted by Crippen LogP contribution is 2.17. The van der Waals surface area contributed by atoms with Crippen LogP contribution in [0.25, 0.3) is 0 Å². The van der Waals surface area contributed by atoms with Gasteiger partial charge in [0.2, 0.25) is 0 Å². The summed E-state index contributed by atoms with van der Waals surface area (Å²) >= 11 is 0. The Morgan fingerprint density at radius 1 is 1.35 bits per heavy atom. The molecule has 0 spiro atoms. The van der Waals surface area contributed by atoms with Gasteiger partial charge in [0.1, 0.15) is 5.82 Å². The fourth-order valence-corrected chi connectivity index (χ4v) is 2.53. The van der Waals surface area contributed by atoms with Crippen LogP contribution in [-0.2, 0) is 30.0 Å². The van der Waals surface area contributed by atoms with Gasteiger partial charge >= 0.3 is 0 Å². The van der Waals surface area contributed by atoms with E-state index in [0.717, 1.165) is 17.8 Å². The lowest BCUT2D eigenvalue weighted by Gasteiger charge is -2.08. The zero-order valence-electron chi connectivity index (χ0n) is 11.8. The second-order valence-electron chi connectivity index (χ2n) is 5.10. The number of aryl methyl sites for hydroxylation is 3. The van der Waals surface area contributed by atoms with Gasteiger partial charge in [0, 0.05) is 31.9 Å². The molecule has 0 aromatic carbocycles. The maximum atomic E-state index is 11.4. The summed E-state index contributed by atoms with van der Waals surface area (Å²) in [6, 6.07) is 0. The third kappa shape index (κ3) is 3.26. The molecule has 0 saturated carbocycles. The Morgan fingerprint density at radius 2 is 2.05 bits per heavy atom. The van der Waals surface area contributed by atoms with Gasteiger partial charge in [-0.25, -0.2) is 18.5 Å². The van der Waals surface area contributed by atoms with Crippen LogP contribution < -0.4 is 5.14 Å². The molecule has 2 aromatic rings. The molecule has 0 saturated heterocycles. The molecule has 0 fully saturated rings. The molecule has 2 rings (SSSR count). The normalized spacial score (nSPS) is 12.2. The monoisotopic (exact) mass is 297 g/mol. The van der Waals surface area contributed by atoms with Crippen LogP contribution in [0, 0.1) is 0 Å². The number of rotatable bonds is 5. The highest BCUT2D eigenvalue weighted by atomic mass is 32.2. The number of nitrogens with zero attached hydrogens (tertiary/aromatic N) is 4. The van der Waals surface area contributed by atoms with Gasteiger partial charge in [-0.3, -0.25) is 4.68 Å². The Hall–Kier alpha value is -1.67. The van der Waals surface area contributed by atoms with E-state index in [1.807, 2.05) is 31.7 Å². The SMILES string of the molecule is CC(C)c1nc(S(N)(=O)=O)cn1CCc1cnn(C)c1. The molecule has 2 aromatic heterocycles. The zero-order valence-corrected chi connectivity index (χ0v) is 12.6. The maximum absolute atomic E-state index is 11.4. The van der Waals surface area contributed by atoms with E-state index in [1.165, 1.54) is 6.20 Å². The van der Waals surface area contributed by atoms with Crippen LogP contribution in [0.4, 0.5) is 0 Å². The molecule has 8 heteroatoms. The zero-order chi connectivity index (χ0) is 14.9. The van der Waals surface area contributed by atoms with Gasteiger partial charge in [-0.1, -0.05) is 13.8 Å². The van der Waals surface area contributed by atoms with Crippen molar-refractivity contribution in [3.8, 4) is 0 Å². The molecule has 0 bridgehead atoms. The summed E-state index contributed by atoms with van der Waals surface area (Å²) in [6.07, 6.45) is 5.99. The Balaban J connectivity index is 2.24. The third-order valence-corrected chi connectivity index (χ3v) is 3.77. The second-order valence-corrected chi connectivity index (χ2v) is 6.61. The summed E-state index contributed by atoms with van der Waals surface area (Å²) in [5, 5.41) is 9.16. The molecular weight excluding hydrogens is 278 g/mol. The number of hydrogen-bond acceptors (Lipinski definition) is 4. The van der Waals surface area contributed by atoms with Crippen LogP contribution in [0.15, 0.2) is 23.6 Å². The average molecular weight is 297 g/mol. The molecule has 0 amide bonds. The van der Waals surface area contributed by atoms with Crippen molar-refractivity contribution >= 4 is 10.0 Å². The maximum Gasteiger partial charge on any atom is 0.257 e. The minimum absolute atomic E-state index is 0.0765. The van der Waals surface area contributed by atoms with Gasteiger partial charge in [-0.2, -0.15) is 5.10 Å². The van der Waals surface area contributed by atoms with Crippen LogP contribution in [0.5, 0.6) is 0 Å². The van der Waals surface area contributed by atoms with Gasteiger partial charge in [0.15, 0.2) is 5.03 Å². The predicted molar refractivity (Wildman–Crippen MR) is 74.6 cm³/mol. The molecule has 20 heavy (non-hydrogen) atoms. The van der Waals surface area contributed by atoms with E-state index in [9.17, 15) is 8.42 Å². The number of aromatic nitrogens is 4. The van der Waals surface area contributed by atoms with Crippen molar-refractivity contribution in [2.45, 2.75) is 37.8 Å². The number of hydrogen-bond donors (Lipinski definition) is 1. The second kappa shape index (κ2) is 5.37. The Labute approximate surface area is 118 Å². The Morgan fingerprint density at radius 3 is 2.55 bits per heavy atom. The first-order valence-corrected chi connectivity index (χ1v) is 7.89. The van der Waals surface area contributed by atoms with Gasteiger partial charge in [-0.15, -0.1) is 0 Å². The standard InChI is InChI=1S/C12H19N5O2S/c1-9(2)12-15-11(20(13,18)19)8-17(12)5-4-10-6-14-16(3)7-10/h6-9H,4-5H2,1-3H3,(H2,13,18,19). The topological polar surface area (TPSA) is 95.8 Å². The van der Waals surface area contributed by atoms with E-state index in [-0.39, 0.29) is 10.9 Å². The summed E-state index contributed by atoms with van der Waals surface area (Å²) in [4.78, 5) is 4.13. The highest BCUT2D eigenvalue weighted by Gasteiger charge is 2.18. The lowest BCUT2D eigenvalue weighted by Crippen LogP contribution is -2.12. The van der Waals surface area contributed by atoms with E-state index in [2.05, 4.69) is 10.1 Å². The molecule has 110 valence electrons. The Bertz CT molecular complexity index is 699. The van der Waals surface area contributed by atoms with E-state index >= 15 is 0 Å². The van der Waals surface area contributed by atoms with Crippen LogP contribution in [-0.4, -0.2) is 27.7 Å². The first kappa shape index (κ1) is 14.7. The summed E-state index contributed by atoms with van der Waals surface area (Å²) in [5.74, 6) is 0.845. The fraction of sp³-hybridized carbons (Fsp3) is 0.500. The third-order valence-electron chi connectivity index (χ3n) is 2.99. The van der Waals surface area contributed by atoms with Gasteiger partial charge in [0.25, 0.3) is 10.0 Å². The van der Waals surface area contributed by atoms with E-state index < -0.39 is 10.0 Å². The van der Waals surface area contributed by atoms with Crippen LogP contribution in [0.3, 0.4) is 0 Å². The molecule has 0 atom stereocenters. The molecule has 2 heterocycles. The summed E-state index contributed by atoms with van der Waals surface area (Å²) in [7, 11) is -1.90. The van der Waals surface area contributed by atoms with Crippen LogP contribution in [0.1, 0.15) is 31.2 Å². The molecule has 0 aliphatic carbocycles. The van der Waals surface area contributed by atoms with Crippen molar-refractivity contribution in [2.75, 3.05) is 0 Å². The molecule has 0 aliphatic heterocycles. The van der Waals surface area contributed by atoms with E-state index in [4.69, 9.17) is 5.14 Å². The minimum Gasteiger partial charge on any atom is -0.333 e. The van der Waals surface area contributed by atoms with Gasteiger partial charge < -0.3 is 4.57 Å². The largest absolute Gasteiger partial charge is 0.333 e. The average Bonchev–Trinajstić information content (AvgIpc) is 2.91. The van der Waals surface area contributed by atoms with Crippen molar-refractivity contribution < 1.29 is 8.42 Å². The van der Waals surface area contributed by atoms with E-state index in [1.54, 1.807) is 10.9 Å². The summed E-state index contributed by atoms with van der Waals surface area (Å²) in [6.45, 7) is 4.58. The predicted octanol–water partition coefficient (Wildman–Crippen LogP) is 0.630. The first-order valence-electron chi connectivity index (χ1n) is 6.34. The van der Waals surface area contributed by atoms with Crippen molar-refractivity contribution in [3.63, 3.8) is 0 Å². The van der Waals surface area contributed by atoms with E-state index in [0.29, 0.717) is 6.54 Å². The number of primary sulfonamides is 1. The molecule has 2 N–H and O–H groups in total. The summed E-state index contributed by atoms with van der Waals surface area (Å²) in [5.41, 5.74) is 1.09. The molecular formula is C12H19N5O2S.